The summed E-state index contributed by atoms with van der Waals surface area (Å²) in [6, 6.07) is 8.76. The van der Waals surface area contributed by atoms with Crippen LogP contribution in [0.25, 0.3) is 6.08 Å². The van der Waals surface area contributed by atoms with Crippen LogP contribution in [0.5, 0.6) is 5.75 Å². The smallest absolute Gasteiger partial charge is 0.266 e. The van der Waals surface area contributed by atoms with Gasteiger partial charge >= 0.3 is 0 Å². The third kappa shape index (κ3) is 3.70. The molecule has 0 spiro atoms. The third-order valence-corrected chi connectivity index (χ3v) is 2.75. The number of aryl methyl sites for hydroxylation is 1. The average Bonchev–Trinajstić information content (AvgIpc) is 2.90. The zero-order chi connectivity index (χ0) is 15.2. The summed E-state index contributed by atoms with van der Waals surface area (Å²) < 4.78 is 6.64. The molecule has 0 saturated carbocycles. The Hall–Kier alpha value is -3.07. The standard InChI is InChI=1S/C15H14N4O2/c1-19-10-11(9-17-19)7-12(8-16)15(20)18-13-3-5-14(21-2)6-4-13/h3-7,9-10H,1-2H3,(H,18,20)/b12-7+. The van der Waals surface area contributed by atoms with E-state index in [9.17, 15) is 4.79 Å². The molecule has 6 heteroatoms. The first-order valence-corrected chi connectivity index (χ1v) is 6.18. The van der Waals surface area contributed by atoms with Crippen molar-refractivity contribution in [2.45, 2.75) is 0 Å². The van der Waals surface area contributed by atoms with E-state index in [1.807, 2.05) is 6.07 Å². The summed E-state index contributed by atoms with van der Waals surface area (Å²) in [7, 11) is 3.33. The summed E-state index contributed by atoms with van der Waals surface area (Å²) in [5, 5.41) is 15.7. The first kappa shape index (κ1) is 14.3. The van der Waals surface area contributed by atoms with Gasteiger partial charge in [-0.3, -0.25) is 9.48 Å². The van der Waals surface area contributed by atoms with Crippen LogP contribution in [-0.2, 0) is 11.8 Å². The van der Waals surface area contributed by atoms with Crippen molar-refractivity contribution in [3.8, 4) is 11.8 Å². The lowest BCUT2D eigenvalue weighted by molar-refractivity contribution is -0.112. The molecule has 1 aromatic carbocycles. The van der Waals surface area contributed by atoms with Gasteiger partial charge in [0.25, 0.3) is 5.91 Å². The zero-order valence-corrected chi connectivity index (χ0v) is 11.7. The SMILES string of the molecule is COc1ccc(NC(=O)/C(C#N)=C/c2cnn(C)c2)cc1. The quantitative estimate of drug-likeness (QED) is 0.686. The van der Waals surface area contributed by atoms with E-state index in [1.165, 1.54) is 6.08 Å². The van der Waals surface area contributed by atoms with E-state index >= 15 is 0 Å². The first-order valence-electron chi connectivity index (χ1n) is 6.18. The molecule has 106 valence electrons. The Morgan fingerprint density at radius 1 is 1.43 bits per heavy atom. The third-order valence-electron chi connectivity index (χ3n) is 2.75. The summed E-state index contributed by atoms with van der Waals surface area (Å²) in [6.07, 6.45) is 4.79. The summed E-state index contributed by atoms with van der Waals surface area (Å²) in [6.45, 7) is 0. The number of nitriles is 1. The van der Waals surface area contributed by atoms with Crippen LogP contribution in [0.15, 0.2) is 42.2 Å². The minimum absolute atomic E-state index is 0.0128. The van der Waals surface area contributed by atoms with Crippen LogP contribution in [0.3, 0.4) is 0 Å². The maximum atomic E-state index is 12.0. The van der Waals surface area contributed by atoms with Crippen molar-refractivity contribution in [3.05, 3.63) is 47.8 Å². The molecule has 2 aromatic rings. The molecule has 0 aliphatic rings. The number of carbonyl (C=O) groups is 1. The Kier molecular flexibility index (Phi) is 4.36. The lowest BCUT2D eigenvalue weighted by Crippen LogP contribution is -2.13. The Balaban J connectivity index is 2.13. The fourth-order valence-corrected chi connectivity index (χ4v) is 1.70. The number of methoxy groups -OCH3 is 1. The average molecular weight is 282 g/mol. The highest BCUT2D eigenvalue weighted by molar-refractivity contribution is 6.09. The molecule has 1 heterocycles. The number of rotatable bonds is 4. The molecule has 1 aromatic heterocycles. The summed E-state index contributed by atoms with van der Waals surface area (Å²) in [5.74, 6) is 0.228. The van der Waals surface area contributed by atoms with Gasteiger partial charge in [-0.25, -0.2) is 0 Å². The van der Waals surface area contributed by atoms with Gasteiger partial charge < -0.3 is 10.1 Å². The van der Waals surface area contributed by atoms with E-state index in [4.69, 9.17) is 10.00 Å². The minimum Gasteiger partial charge on any atom is -0.497 e. The second-order valence-electron chi connectivity index (χ2n) is 4.30. The zero-order valence-electron chi connectivity index (χ0n) is 11.7. The summed E-state index contributed by atoms with van der Waals surface area (Å²) in [4.78, 5) is 12.0. The molecule has 0 saturated heterocycles. The van der Waals surface area contributed by atoms with Crippen LogP contribution >= 0.6 is 0 Å². The molecule has 0 unspecified atom stereocenters. The Bertz CT molecular complexity index is 708. The van der Waals surface area contributed by atoms with Crippen LogP contribution in [0.1, 0.15) is 5.56 Å². The predicted molar refractivity (Wildman–Crippen MR) is 78.4 cm³/mol. The molecular formula is C15H14N4O2. The molecule has 1 amide bonds. The van der Waals surface area contributed by atoms with E-state index in [1.54, 1.807) is 55.5 Å². The van der Waals surface area contributed by atoms with E-state index in [2.05, 4.69) is 10.4 Å². The monoisotopic (exact) mass is 282 g/mol. The lowest BCUT2D eigenvalue weighted by Gasteiger charge is -2.05. The van der Waals surface area contributed by atoms with E-state index in [-0.39, 0.29) is 5.57 Å². The van der Waals surface area contributed by atoms with Gasteiger partial charge in [-0.1, -0.05) is 0 Å². The van der Waals surface area contributed by atoms with Gasteiger partial charge in [0.05, 0.1) is 13.3 Å². The fraction of sp³-hybridized carbons (Fsp3) is 0.133. The fourth-order valence-electron chi connectivity index (χ4n) is 1.70. The highest BCUT2D eigenvalue weighted by Gasteiger charge is 2.10. The number of ether oxygens (including phenoxy) is 1. The number of hydrogen-bond donors (Lipinski definition) is 1. The number of anilines is 1. The normalized spacial score (nSPS) is 10.8. The Labute approximate surface area is 122 Å². The van der Waals surface area contributed by atoms with Crippen molar-refractivity contribution in [1.82, 2.24) is 9.78 Å². The number of hydrogen-bond acceptors (Lipinski definition) is 4. The maximum absolute atomic E-state index is 12.0. The maximum Gasteiger partial charge on any atom is 0.266 e. The molecule has 21 heavy (non-hydrogen) atoms. The van der Waals surface area contributed by atoms with E-state index < -0.39 is 5.91 Å². The largest absolute Gasteiger partial charge is 0.497 e. The number of carbonyl (C=O) groups excluding carboxylic acids is 1. The molecule has 0 atom stereocenters. The van der Waals surface area contributed by atoms with Crippen molar-refractivity contribution in [3.63, 3.8) is 0 Å². The minimum atomic E-state index is -0.466. The van der Waals surface area contributed by atoms with Gasteiger partial charge in [0.2, 0.25) is 0 Å². The first-order chi connectivity index (χ1) is 10.1. The molecule has 2 rings (SSSR count). The van der Waals surface area contributed by atoms with Gasteiger partial charge in [-0.2, -0.15) is 10.4 Å². The molecule has 0 aliphatic carbocycles. The van der Waals surface area contributed by atoms with Crippen LogP contribution in [0, 0.1) is 11.3 Å². The van der Waals surface area contributed by atoms with Crippen LogP contribution in [0.4, 0.5) is 5.69 Å². The number of nitrogens with one attached hydrogen (secondary N) is 1. The topological polar surface area (TPSA) is 79.9 Å². The van der Waals surface area contributed by atoms with Gasteiger partial charge in [-0.05, 0) is 30.3 Å². The molecule has 0 fully saturated rings. The molecule has 0 bridgehead atoms. The highest BCUT2D eigenvalue weighted by Crippen LogP contribution is 2.16. The van der Waals surface area contributed by atoms with Gasteiger partial charge in [0.15, 0.2) is 0 Å². The van der Waals surface area contributed by atoms with Gasteiger partial charge in [0.1, 0.15) is 17.4 Å². The van der Waals surface area contributed by atoms with Crippen LogP contribution < -0.4 is 10.1 Å². The molecule has 1 N–H and O–H groups in total. The van der Waals surface area contributed by atoms with Crippen molar-refractivity contribution in [2.75, 3.05) is 12.4 Å². The van der Waals surface area contributed by atoms with Crippen LogP contribution in [0.2, 0.25) is 0 Å². The van der Waals surface area contributed by atoms with Crippen molar-refractivity contribution in [2.24, 2.45) is 7.05 Å². The molecule has 6 nitrogen and oxygen atoms in total. The van der Waals surface area contributed by atoms with Gasteiger partial charge in [0, 0.05) is 24.5 Å². The highest BCUT2D eigenvalue weighted by atomic mass is 16.5. The molecule has 0 aliphatic heterocycles. The van der Waals surface area contributed by atoms with Crippen molar-refractivity contribution < 1.29 is 9.53 Å². The Morgan fingerprint density at radius 2 is 2.14 bits per heavy atom. The van der Waals surface area contributed by atoms with Crippen molar-refractivity contribution >= 4 is 17.7 Å². The van der Waals surface area contributed by atoms with E-state index in [0.717, 1.165) is 0 Å². The second kappa shape index (κ2) is 6.39. The number of amides is 1. The number of benzene rings is 1. The molecular weight excluding hydrogens is 268 g/mol. The number of aromatic nitrogens is 2. The number of nitrogens with zero attached hydrogens (tertiary/aromatic N) is 3. The van der Waals surface area contributed by atoms with Crippen LogP contribution in [-0.4, -0.2) is 22.8 Å². The van der Waals surface area contributed by atoms with Gasteiger partial charge in [-0.15, -0.1) is 0 Å². The lowest BCUT2D eigenvalue weighted by atomic mass is 10.2. The summed E-state index contributed by atoms with van der Waals surface area (Å²) in [5.41, 5.74) is 1.30. The van der Waals surface area contributed by atoms with E-state index in [0.29, 0.717) is 17.0 Å². The second-order valence-corrected chi connectivity index (χ2v) is 4.30. The predicted octanol–water partition coefficient (Wildman–Crippen LogP) is 1.97. The van der Waals surface area contributed by atoms with Crippen molar-refractivity contribution in [1.29, 1.82) is 5.26 Å². The Morgan fingerprint density at radius 3 is 2.67 bits per heavy atom. The summed E-state index contributed by atoms with van der Waals surface area (Å²) >= 11 is 0. The molecule has 0 radical (unpaired) electrons.